The molecule has 0 radical (unpaired) electrons. The maximum Gasteiger partial charge on any atom is 0.337 e. The number of rotatable bonds is 4. The topological polar surface area (TPSA) is 91.5 Å². The number of carbonyl (C=O) groups excluding carboxylic acids is 3. The van der Waals surface area contributed by atoms with Gasteiger partial charge in [0.05, 0.1) is 12.7 Å². The Hall–Kier alpha value is -3.61. The first-order valence-corrected chi connectivity index (χ1v) is 10.5. The molecule has 7 nitrogen and oxygen atoms in total. The van der Waals surface area contributed by atoms with Crippen LogP contribution in [0.2, 0.25) is 0 Å². The van der Waals surface area contributed by atoms with E-state index in [0.717, 1.165) is 40.6 Å². The number of benzene rings is 2. The van der Waals surface area contributed by atoms with Crippen LogP contribution in [0.5, 0.6) is 0 Å². The van der Waals surface area contributed by atoms with E-state index in [1.165, 1.54) is 7.11 Å². The molecule has 2 aromatic carbocycles. The summed E-state index contributed by atoms with van der Waals surface area (Å²) in [6.07, 6.45) is 1.99. The van der Waals surface area contributed by atoms with Crippen molar-refractivity contribution >= 4 is 28.7 Å². The van der Waals surface area contributed by atoms with Gasteiger partial charge in [0.2, 0.25) is 11.8 Å². The van der Waals surface area contributed by atoms with E-state index in [1.54, 1.807) is 17.0 Å². The Kier molecular flexibility index (Phi) is 4.73. The Balaban J connectivity index is 1.53. The van der Waals surface area contributed by atoms with Gasteiger partial charge >= 0.3 is 5.97 Å². The summed E-state index contributed by atoms with van der Waals surface area (Å²) in [5, 5.41) is 3.96. The molecular formula is C24H23N3O4. The van der Waals surface area contributed by atoms with E-state index in [9.17, 15) is 14.4 Å². The van der Waals surface area contributed by atoms with Gasteiger partial charge in [-0.25, -0.2) is 4.79 Å². The highest BCUT2D eigenvalue weighted by Gasteiger charge is 2.43. The zero-order valence-corrected chi connectivity index (χ0v) is 17.2. The lowest BCUT2D eigenvalue weighted by Gasteiger charge is -2.34. The Bertz CT molecular complexity index is 1180. The number of esters is 1. The Morgan fingerprint density at radius 1 is 1.13 bits per heavy atom. The van der Waals surface area contributed by atoms with Crippen molar-refractivity contribution < 1.29 is 19.1 Å². The molecule has 2 aliphatic heterocycles. The van der Waals surface area contributed by atoms with E-state index in [-0.39, 0.29) is 23.8 Å². The van der Waals surface area contributed by atoms with Crippen LogP contribution >= 0.6 is 0 Å². The van der Waals surface area contributed by atoms with Crippen LogP contribution in [0.4, 0.5) is 0 Å². The molecule has 2 saturated heterocycles. The highest BCUT2D eigenvalue weighted by atomic mass is 16.5. The summed E-state index contributed by atoms with van der Waals surface area (Å²) in [7, 11) is 1.35. The van der Waals surface area contributed by atoms with Gasteiger partial charge in [0.15, 0.2) is 0 Å². The van der Waals surface area contributed by atoms with Crippen LogP contribution in [0, 0.1) is 0 Å². The second-order valence-corrected chi connectivity index (χ2v) is 8.05. The second kappa shape index (κ2) is 7.58. The van der Waals surface area contributed by atoms with Crippen LogP contribution in [0.1, 0.15) is 28.8 Å². The van der Waals surface area contributed by atoms with Gasteiger partial charge in [-0.15, -0.1) is 0 Å². The zero-order chi connectivity index (χ0) is 21.5. The summed E-state index contributed by atoms with van der Waals surface area (Å²) in [5.41, 5.74) is 4.17. The summed E-state index contributed by atoms with van der Waals surface area (Å²) in [4.78, 5) is 42.6. The maximum absolute atomic E-state index is 13.1. The summed E-state index contributed by atoms with van der Waals surface area (Å²) in [6, 6.07) is 14.2. The average molecular weight is 417 g/mol. The minimum Gasteiger partial charge on any atom is -0.465 e. The number of H-pyrrole nitrogens is 1. The fourth-order valence-electron chi connectivity index (χ4n) is 4.72. The van der Waals surface area contributed by atoms with Crippen molar-refractivity contribution in [2.45, 2.75) is 31.3 Å². The molecule has 2 N–H and O–H groups in total. The number of aromatic nitrogens is 1. The monoisotopic (exact) mass is 417 g/mol. The molecule has 0 aliphatic carbocycles. The lowest BCUT2D eigenvalue weighted by atomic mass is 9.96. The number of amides is 2. The fraction of sp³-hybridized carbons (Fsp3) is 0.292. The number of ether oxygens (including phenoxy) is 1. The van der Waals surface area contributed by atoms with Gasteiger partial charge in [0.1, 0.15) is 12.1 Å². The lowest BCUT2D eigenvalue weighted by Crippen LogP contribution is -2.61. The van der Waals surface area contributed by atoms with Crippen molar-refractivity contribution in [3.8, 4) is 11.3 Å². The number of nitrogens with one attached hydrogen (secondary N) is 2. The summed E-state index contributed by atoms with van der Waals surface area (Å²) < 4.78 is 4.78. The van der Waals surface area contributed by atoms with Crippen molar-refractivity contribution in [3.05, 3.63) is 59.7 Å². The highest BCUT2D eigenvalue weighted by molar-refractivity contribution is 5.99. The number of piperazine rings is 1. The van der Waals surface area contributed by atoms with Gasteiger partial charge in [-0.3, -0.25) is 9.59 Å². The van der Waals surface area contributed by atoms with Crippen molar-refractivity contribution in [1.29, 1.82) is 0 Å². The molecule has 2 fully saturated rings. The van der Waals surface area contributed by atoms with Crippen molar-refractivity contribution in [1.82, 2.24) is 15.2 Å². The molecule has 0 spiro atoms. The second-order valence-electron chi connectivity index (χ2n) is 8.05. The number of nitrogens with zero attached hydrogens (tertiary/aromatic N) is 1. The molecule has 1 aromatic heterocycles. The first-order chi connectivity index (χ1) is 15.1. The van der Waals surface area contributed by atoms with E-state index in [2.05, 4.69) is 10.3 Å². The molecule has 0 unspecified atom stereocenters. The van der Waals surface area contributed by atoms with Crippen LogP contribution in [-0.2, 0) is 20.7 Å². The molecule has 31 heavy (non-hydrogen) atoms. The third kappa shape index (κ3) is 3.26. The molecular weight excluding hydrogens is 394 g/mol. The van der Waals surface area contributed by atoms with Gasteiger partial charge < -0.3 is 19.9 Å². The number of hydrogen-bond acceptors (Lipinski definition) is 4. The smallest absolute Gasteiger partial charge is 0.337 e. The maximum atomic E-state index is 13.1. The molecule has 158 valence electrons. The minimum atomic E-state index is -0.589. The van der Waals surface area contributed by atoms with E-state index < -0.39 is 6.04 Å². The van der Waals surface area contributed by atoms with Crippen molar-refractivity contribution in [2.75, 3.05) is 13.7 Å². The number of carbonyl (C=O) groups is 3. The molecule has 7 heteroatoms. The zero-order valence-electron chi connectivity index (χ0n) is 17.2. The summed E-state index contributed by atoms with van der Waals surface area (Å²) in [6.45, 7) is 0.642. The predicted octanol–water partition coefficient (Wildman–Crippen LogP) is 2.65. The standard InChI is InChI=1S/C24H23N3O4/c1-31-24(30)15-10-8-14(9-11-15)21-17(16-5-2-3-6-18(16)25-21)13-19-23(29)27-12-4-7-20(27)22(28)26-19/h2-3,5-6,8-11,19-20,25H,4,7,12-13H2,1H3,(H,26,28)/t19-,20-/m0/s1. The number of fused-ring (bicyclic) bond motifs is 2. The molecule has 2 aliphatic rings. The van der Waals surface area contributed by atoms with E-state index in [4.69, 9.17) is 4.74 Å². The SMILES string of the molecule is COC(=O)c1ccc(-c2[nH]c3ccccc3c2C[C@@H]2NC(=O)[C@@H]3CCCN3C2=O)cc1. The average Bonchev–Trinajstić information content (AvgIpc) is 3.43. The van der Waals surface area contributed by atoms with Gasteiger partial charge in [-0.2, -0.15) is 0 Å². The van der Waals surface area contributed by atoms with Crippen LogP contribution in [0.3, 0.4) is 0 Å². The van der Waals surface area contributed by atoms with Crippen molar-refractivity contribution in [2.24, 2.45) is 0 Å². The Labute approximate surface area is 179 Å². The van der Waals surface area contributed by atoms with E-state index in [0.29, 0.717) is 18.5 Å². The Morgan fingerprint density at radius 3 is 2.68 bits per heavy atom. The molecule has 2 atom stereocenters. The minimum absolute atomic E-state index is 0.0145. The number of aromatic amines is 1. The first kappa shape index (κ1) is 19.4. The van der Waals surface area contributed by atoms with Gasteiger partial charge in [0, 0.05) is 29.6 Å². The normalized spacial score (nSPS) is 20.6. The van der Waals surface area contributed by atoms with Crippen LogP contribution < -0.4 is 5.32 Å². The summed E-state index contributed by atoms with van der Waals surface area (Å²) in [5.74, 6) is -0.468. The molecule has 5 rings (SSSR count). The van der Waals surface area contributed by atoms with Crippen LogP contribution in [-0.4, -0.2) is 53.4 Å². The number of methoxy groups -OCH3 is 1. The highest BCUT2D eigenvalue weighted by Crippen LogP contribution is 2.33. The van der Waals surface area contributed by atoms with Crippen molar-refractivity contribution in [3.63, 3.8) is 0 Å². The third-order valence-electron chi connectivity index (χ3n) is 6.27. The van der Waals surface area contributed by atoms with Gasteiger partial charge in [-0.1, -0.05) is 30.3 Å². The van der Waals surface area contributed by atoms with Crippen LogP contribution in [0.25, 0.3) is 22.2 Å². The Morgan fingerprint density at radius 2 is 1.90 bits per heavy atom. The lowest BCUT2D eigenvalue weighted by molar-refractivity contribution is -0.146. The quantitative estimate of drug-likeness (QED) is 0.639. The molecule has 3 heterocycles. The third-order valence-corrected chi connectivity index (χ3v) is 6.27. The number of para-hydroxylation sites is 1. The predicted molar refractivity (Wildman–Crippen MR) is 115 cm³/mol. The molecule has 0 saturated carbocycles. The first-order valence-electron chi connectivity index (χ1n) is 10.5. The van der Waals surface area contributed by atoms with Gasteiger partial charge in [-0.05, 0) is 42.2 Å². The molecule has 0 bridgehead atoms. The largest absolute Gasteiger partial charge is 0.465 e. The number of hydrogen-bond donors (Lipinski definition) is 2. The van der Waals surface area contributed by atoms with Gasteiger partial charge in [0.25, 0.3) is 0 Å². The van der Waals surface area contributed by atoms with E-state index >= 15 is 0 Å². The van der Waals surface area contributed by atoms with Crippen LogP contribution in [0.15, 0.2) is 48.5 Å². The summed E-state index contributed by atoms with van der Waals surface area (Å²) >= 11 is 0. The van der Waals surface area contributed by atoms with E-state index in [1.807, 2.05) is 36.4 Å². The fourth-order valence-corrected chi connectivity index (χ4v) is 4.72. The molecule has 3 aromatic rings. The molecule has 2 amide bonds.